The number of carbonyl (C=O) groups is 1. The van der Waals surface area contributed by atoms with E-state index < -0.39 is 5.91 Å². The van der Waals surface area contributed by atoms with Crippen molar-refractivity contribution in [3.63, 3.8) is 0 Å². The Morgan fingerprint density at radius 1 is 1.07 bits per heavy atom. The average Bonchev–Trinajstić information content (AvgIpc) is 3.14. The zero-order valence-corrected chi connectivity index (χ0v) is 16.5. The Balaban J connectivity index is 1.54. The van der Waals surface area contributed by atoms with Crippen molar-refractivity contribution < 1.29 is 15.0 Å². The molecule has 4 aromatic rings. The highest BCUT2D eigenvalue weighted by Crippen LogP contribution is 2.28. The fourth-order valence-corrected chi connectivity index (χ4v) is 3.18. The van der Waals surface area contributed by atoms with Gasteiger partial charge in [0, 0.05) is 15.6 Å². The highest BCUT2D eigenvalue weighted by atomic mass is 79.9. The van der Waals surface area contributed by atoms with Crippen LogP contribution in [0.3, 0.4) is 0 Å². The summed E-state index contributed by atoms with van der Waals surface area (Å²) in [6, 6.07) is 16.8. The van der Waals surface area contributed by atoms with Crippen LogP contribution in [0.15, 0.2) is 70.2 Å². The number of nitrogens with one attached hydrogen (secondary N) is 2. The van der Waals surface area contributed by atoms with Crippen molar-refractivity contribution in [3.05, 3.63) is 76.3 Å². The number of halogens is 1. The van der Waals surface area contributed by atoms with Gasteiger partial charge in [0.15, 0.2) is 0 Å². The minimum absolute atomic E-state index is 0.0572. The molecule has 0 fully saturated rings. The zero-order valence-electron chi connectivity index (χ0n) is 14.9. The van der Waals surface area contributed by atoms with Gasteiger partial charge in [-0.1, -0.05) is 28.1 Å². The van der Waals surface area contributed by atoms with E-state index in [1.165, 1.54) is 12.3 Å². The maximum Gasteiger partial charge on any atom is 0.271 e. The molecule has 3 aromatic carbocycles. The molecule has 1 aromatic heterocycles. The molecule has 4 N–H and O–H groups in total. The number of H-pyrrole nitrogens is 1. The summed E-state index contributed by atoms with van der Waals surface area (Å²) in [5.74, 6) is 0.284. The molecule has 144 valence electrons. The van der Waals surface area contributed by atoms with E-state index in [2.05, 4.69) is 36.4 Å². The molecule has 0 unspecified atom stereocenters. The number of phenolic OH excluding ortho intramolecular Hbond substituents is 2. The van der Waals surface area contributed by atoms with Gasteiger partial charge in [-0.3, -0.25) is 4.79 Å². The second-order valence-corrected chi connectivity index (χ2v) is 7.15. The Kier molecular flexibility index (Phi) is 5.01. The third kappa shape index (κ3) is 3.97. The lowest BCUT2D eigenvalue weighted by Gasteiger charge is -2.01. The van der Waals surface area contributed by atoms with Crippen molar-refractivity contribution in [1.29, 1.82) is 0 Å². The van der Waals surface area contributed by atoms with Gasteiger partial charge in [0.1, 0.15) is 17.3 Å². The van der Waals surface area contributed by atoms with E-state index in [0.29, 0.717) is 33.5 Å². The smallest absolute Gasteiger partial charge is 0.271 e. The molecule has 0 spiro atoms. The Morgan fingerprint density at radius 2 is 1.90 bits per heavy atom. The minimum Gasteiger partial charge on any atom is -0.507 e. The number of benzene rings is 3. The van der Waals surface area contributed by atoms with Crippen LogP contribution in [0, 0.1) is 0 Å². The Bertz CT molecular complexity index is 1250. The van der Waals surface area contributed by atoms with Gasteiger partial charge in [0.2, 0.25) is 0 Å². The summed E-state index contributed by atoms with van der Waals surface area (Å²) < 4.78 is 0.785. The number of carbonyl (C=O) groups excluding carboxylic acids is 1. The van der Waals surface area contributed by atoms with Crippen molar-refractivity contribution in [2.75, 3.05) is 0 Å². The number of hydrazone groups is 1. The summed E-state index contributed by atoms with van der Waals surface area (Å²) in [6.07, 6.45) is 1.36. The molecule has 4 rings (SSSR count). The normalized spacial score (nSPS) is 11.2. The van der Waals surface area contributed by atoms with Crippen molar-refractivity contribution >= 4 is 39.1 Å². The van der Waals surface area contributed by atoms with Crippen LogP contribution < -0.4 is 5.43 Å². The molecule has 0 aliphatic heterocycles. The minimum atomic E-state index is -0.406. The number of para-hydroxylation sites is 1. The SMILES string of the molecule is O=C(N/N=C/c1cc(Br)ccc1O)c1ccc2nc(-c3ccccc3O)[nH]c2c1. The molecule has 0 bridgehead atoms. The predicted octanol–water partition coefficient (Wildman–Crippen LogP) is 4.17. The van der Waals surface area contributed by atoms with Gasteiger partial charge in [-0.2, -0.15) is 5.10 Å². The predicted molar refractivity (Wildman–Crippen MR) is 114 cm³/mol. The van der Waals surface area contributed by atoms with E-state index in [0.717, 1.165) is 4.47 Å². The molecule has 1 amide bonds. The average molecular weight is 451 g/mol. The third-order valence-electron chi connectivity index (χ3n) is 4.26. The van der Waals surface area contributed by atoms with Crippen molar-refractivity contribution in [2.45, 2.75) is 0 Å². The molecule has 0 aliphatic rings. The first kappa shape index (κ1) is 18.7. The largest absolute Gasteiger partial charge is 0.507 e. The second-order valence-electron chi connectivity index (χ2n) is 6.24. The van der Waals surface area contributed by atoms with Gasteiger partial charge in [-0.25, -0.2) is 10.4 Å². The molecule has 0 atom stereocenters. The molecule has 29 heavy (non-hydrogen) atoms. The Hall–Kier alpha value is -3.65. The first-order valence-electron chi connectivity index (χ1n) is 8.61. The lowest BCUT2D eigenvalue weighted by Crippen LogP contribution is -2.17. The van der Waals surface area contributed by atoms with E-state index in [9.17, 15) is 15.0 Å². The molecule has 0 radical (unpaired) electrons. The summed E-state index contributed by atoms with van der Waals surface area (Å²) in [7, 11) is 0. The van der Waals surface area contributed by atoms with Crippen LogP contribution in [0.25, 0.3) is 22.4 Å². The highest BCUT2D eigenvalue weighted by molar-refractivity contribution is 9.10. The fourth-order valence-electron chi connectivity index (χ4n) is 2.81. The Morgan fingerprint density at radius 3 is 2.72 bits per heavy atom. The molecule has 8 heteroatoms. The third-order valence-corrected chi connectivity index (χ3v) is 4.76. The van der Waals surface area contributed by atoms with Crippen molar-refractivity contribution in [1.82, 2.24) is 15.4 Å². The van der Waals surface area contributed by atoms with E-state index in [-0.39, 0.29) is 11.5 Å². The maximum absolute atomic E-state index is 12.4. The quantitative estimate of drug-likeness (QED) is 0.276. The summed E-state index contributed by atoms with van der Waals surface area (Å²) in [4.78, 5) is 20.0. The standard InChI is InChI=1S/C21H15BrN4O3/c22-14-6-8-18(27)13(9-14)11-23-26-21(29)12-5-7-16-17(10-12)25-20(24-16)15-3-1-2-4-19(15)28/h1-11,27-28H,(H,24,25)(H,26,29)/b23-11+. The molecule has 0 aliphatic carbocycles. The van der Waals surface area contributed by atoms with Gasteiger partial charge < -0.3 is 15.2 Å². The number of imidazole rings is 1. The van der Waals surface area contributed by atoms with Gasteiger partial charge in [-0.15, -0.1) is 0 Å². The van der Waals surface area contributed by atoms with Crippen LogP contribution in [0.4, 0.5) is 0 Å². The van der Waals surface area contributed by atoms with Crippen LogP contribution in [0.2, 0.25) is 0 Å². The number of hydrogen-bond donors (Lipinski definition) is 4. The van der Waals surface area contributed by atoms with E-state index in [1.54, 1.807) is 48.5 Å². The van der Waals surface area contributed by atoms with Crippen molar-refractivity contribution in [2.24, 2.45) is 5.10 Å². The number of phenols is 2. The van der Waals surface area contributed by atoms with E-state index >= 15 is 0 Å². The van der Waals surface area contributed by atoms with Crippen LogP contribution in [-0.2, 0) is 0 Å². The molecular weight excluding hydrogens is 436 g/mol. The number of aromatic amines is 1. The van der Waals surface area contributed by atoms with Gasteiger partial charge >= 0.3 is 0 Å². The number of fused-ring (bicyclic) bond motifs is 1. The van der Waals surface area contributed by atoms with Gasteiger partial charge in [0.05, 0.1) is 22.8 Å². The van der Waals surface area contributed by atoms with E-state index in [1.807, 2.05) is 6.07 Å². The number of amides is 1. The summed E-state index contributed by atoms with van der Waals surface area (Å²) in [5.41, 5.74) is 5.20. The Labute approximate surface area is 173 Å². The monoisotopic (exact) mass is 450 g/mol. The number of aromatic hydroxyl groups is 2. The number of aromatic nitrogens is 2. The topological polar surface area (TPSA) is 111 Å². The van der Waals surface area contributed by atoms with Gasteiger partial charge in [0.25, 0.3) is 5.91 Å². The van der Waals surface area contributed by atoms with Crippen LogP contribution in [-0.4, -0.2) is 32.3 Å². The summed E-state index contributed by atoms with van der Waals surface area (Å²) in [5, 5.41) is 23.7. The zero-order chi connectivity index (χ0) is 20.4. The number of hydrogen-bond acceptors (Lipinski definition) is 5. The molecule has 0 saturated heterocycles. The maximum atomic E-state index is 12.4. The second kappa shape index (κ2) is 7.76. The number of nitrogens with zero attached hydrogens (tertiary/aromatic N) is 2. The molecule has 7 nitrogen and oxygen atoms in total. The first-order valence-corrected chi connectivity index (χ1v) is 9.40. The molecule has 1 heterocycles. The fraction of sp³-hybridized carbons (Fsp3) is 0. The summed E-state index contributed by atoms with van der Waals surface area (Å²) >= 11 is 3.31. The van der Waals surface area contributed by atoms with Crippen LogP contribution >= 0.6 is 15.9 Å². The van der Waals surface area contributed by atoms with Crippen LogP contribution in [0.5, 0.6) is 11.5 Å². The molecular formula is C21H15BrN4O3. The highest BCUT2D eigenvalue weighted by Gasteiger charge is 2.11. The lowest BCUT2D eigenvalue weighted by atomic mass is 10.2. The lowest BCUT2D eigenvalue weighted by molar-refractivity contribution is 0.0955. The first-order chi connectivity index (χ1) is 14.0. The van der Waals surface area contributed by atoms with Crippen molar-refractivity contribution in [3.8, 4) is 22.9 Å². The summed E-state index contributed by atoms with van der Waals surface area (Å²) in [6.45, 7) is 0. The van der Waals surface area contributed by atoms with E-state index in [4.69, 9.17) is 0 Å². The van der Waals surface area contributed by atoms with Gasteiger partial charge in [-0.05, 0) is 48.5 Å². The van der Waals surface area contributed by atoms with Crippen LogP contribution in [0.1, 0.15) is 15.9 Å². The molecule has 0 saturated carbocycles. The number of rotatable bonds is 4.